The first-order valence-electron chi connectivity index (χ1n) is 5.17. The lowest BCUT2D eigenvalue weighted by Crippen LogP contribution is -2.25. The molecule has 0 saturated carbocycles. The van der Waals surface area contributed by atoms with E-state index < -0.39 is 0 Å². The maximum Gasteiger partial charge on any atom is 0.253 e. The Kier molecular flexibility index (Phi) is 2.77. The first-order chi connectivity index (χ1) is 7.68. The molecule has 0 aliphatic heterocycles. The molecule has 0 aliphatic carbocycles. The Morgan fingerprint density at radius 1 is 1.44 bits per heavy atom. The molecule has 3 heteroatoms. The monoisotopic (exact) mass is 214 g/mol. The number of hydrogen-bond acceptors (Lipinski definition) is 1. The van der Waals surface area contributed by atoms with Gasteiger partial charge < -0.3 is 10.3 Å². The third kappa shape index (κ3) is 1.98. The molecule has 0 radical (unpaired) electrons. The quantitative estimate of drug-likeness (QED) is 0.757. The summed E-state index contributed by atoms with van der Waals surface area (Å²) >= 11 is 0. The van der Waals surface area contributed by atoms with Gasteiger partial charge in [-0.1, -0.05) is 24.3 Å². The summed E-state index contributed by atoms with van der Waals surface area (Å²) in [5, 5.41) is 3.87. The Labute approximate surface area is 94.2 Å². The minimum absolute atomic E-state index is 0.0731. The van der Waals surface area contributed by atoms with Gasteiger partial charge in [-0.05, 0) is 19.1 Å². The highest BCUT2D eigenvalue weighted by Crippen LogP contribution is 2.16. The lowest BCUT2D eigenvalue weighted by molar-refractivity contribution is 0.0958. The van der Waals surface area contributed by atoms with Crippen LogP contribution < -0.4 is 5.32 Å². The van der Waals surface area contributed by atoms with Gasteiger partial charge in [0, 0.05) is 18.1 Å². The molecule has 0 atom stereocenters. The van der Waals surface area contributed by atoms with Crippen LogP contribution in [0.5, 0.6) is 0 Å². The fourth-order valence-electron chi connectivity index (χ4n) is 1.60. The van der Waals surface area contributed by atoms with Crippen molar-refractivity contribution in [3.63, 3.8) is 0 Å². The van der Waals surface area contributed by atoms with Crippen molar-refractivity contribution in [2.75, 3.05) is 6.54 Å². The van der Waals surface area contributed by atoms with Crippen LogP contribution in [0, 0.1) is 0 Å². The zero-order chi connectivity index (χ0) is 11.5. The highest BCUT2D eigenvalue weighted by Gasteiger charge is 2.09. The van der Waals surface area contributed by atoms with E-state index in [9.17, 15) is 4.79 Å². The minimum Gasteiger partial charge on any atom is -0.361 e. The molecule has 1 amide bonds. The molecular weight excluding hydrogens is 200 g/mol. The molecule has 0 aliphatic rings. The minimum atomic E-state index is -0.0731. The first kappa shape index (κ1) is 10.5. The van der Waals surface area contributed by atoms with Crippen LogP contribution in [-0.4, -0.2) is 17.4 Å². The van der Waals surface area contributed by atoms with Gasteiger partial charge in [0.2, 0.25) is 0 Å². The molecule has 0 saturated heterocycles. The second-order valence-electron chi connectivity index (χ2n) is 3.89. The van der Waals surface area contributed by atoms with E-state index in [2.05, 4.69) is 16.9 Å². The molecule has 0 unspecified atom stereocenters. The molecule has 2 N–H and O–H groups in total. The van der Waals surface area contributed by atoms with Crippen molar-refractivity contribution in [3.8, 4) is 0 Å². The number of benzene rings is 1. The summed E-state index contributed by atoms with van der Waals surface area (Å²) in [6, 6.07) is 7.62. The van der Waals surface area contributed by atoms with Crippen LogP contribution in [0.2, 0.25) is 0 Å². The Bertz CT molecular complexity index is 540. The molecule has 1 heterocycles. The SMILES string of the molecule is C=C(C)CNC(=O)c1cccc2cc[nH]c12. The van der Waals surface area contributed by atoms with Crippen LogP contribution in [0.4, 0.5) is 0 Å². The van der Waals surface area contributed by atoms with Crippen molar-refractivity contribution in [1.82, 2.24) is 10.3 Å². The van der Waals surface area contributed by atoms with Gasteiger partial charge in [0.15, 0.2) is 0 Å². The molecular formula is C13H14N2O. The fourth-order valence-corrected chi connectivity index (χ4v) is 1.60. The van der Waals surface area contributed by atoms with Crippen LogP contribution in [0.3, 0.4) is 0 Å². The van der Waals surface area contributed by atoms with Crippen LogP contribution in [0.25, 0.3) is 10.9 Å². The maximum absolute atomic E-state index is 11.9. The third-order valence-electron chi connectivity index (χ3n) is 2.38. The average molecular weight is 214 g/mol. The van der Waals surface area contributed by atoms with E-state index in [-0.39, 0.29) is 5.91 Å². The highest BCUT2D eigenvalue weighted by molar-refractivity contribution is 6.05. The summed E-state index contributed by atoms with van der Waals surface area (Å²) in [4.78, 5) is 15.0. The number of hydrogen-bond donors (Lipinski definition) is 2. The summed E-state index contributed by atoms with van der Waals surface area (Å²) in [5.41, 5.74) is 2.48. The fraction of sp³-hybridized carbons (Fsp3) is 0.154. The molecule has 16 heavy (non-hydrogen) atoms. The number of rotatable bonds is 3. The van der Waals surface area contributed by atoms with Crippen molar-refractivity contribution in [2.24, 2.45) is 0 Å². The molecule has 2 rings (SSSR count). The normalized spacial score (nSPS) is 10.3. The van der Waals surface area contributed by atoms with Gasteiger partial charge in [-0.15, -0.1) is 0 Å². The number of aromatic amines is 1. The summed E-state index contributed by atoms with van der Waals surface area (Å²) in [7, 11) is 0. The van der Waals surface area contributed by atoms with Gasteiger partial charge in [-0.25, -0.2) is 0 Å². The number of fused-ring (bicyclic) bond motifs is 1. The van der Waals surface area contributed by atoms with E-state index in [0.29, 0.717) is 12.1 Å². The highest BCUT2D eigenvalue weighted by atomic mass is 16.1. The van der Waals surface area contributed by atoms with Crippen molar-refractivity contribution >= 4 is 16.8 Å². The summed E-state index contributed by atoms with van der Waals surface area (Å²) in [5.74, 6) is -0.0731. The van der Waals surface area contributed by atoms with E-state index in [1.807, 2.05) is 37.4 Å². The van der Waals surface area contributed by atoms with Crippen LogP contribution in [0.15, 0.2) is 42.6 Å². The van der Waals surface area contributed by atoms with Gasteiger partial charge >= 0.3 is 0 Å². The first-order valence-corrected chi connectivity index (χ1v) is 5.17. The molecule has 1 aromatic carbocycles. The molecule has 82 valence electrons. The van der Waals surface area contributed by atoms with E-state index in [1.165, 1.54) is 0 Å². The Morgan fingerprint density at radius 3 is 3.00 bits per heavy atom. The van der Waals surface area contributed by atoms with E-state index in [1.54, 1.807) is 0 Å². The van der Waals surface area contributed by atoms with E-state index in [4.69, 9.17) is 0 Å². The predicted molar refractivity (Wildman–Crippen MR) is 65.4 cm³/mol. The second-order valence-corrected chi connectivity index (χ2v) is 3.89. The number of carbonyl (C=O) groups is 1. The summed E-state index contributed by atoms with van der Waals surface area (Å²) in [6.07, 6.45) is 1.83. The lowest BCUT2D eigenvalue weighted by atomic mass is 10.1. The van der Waals surface area contributed by atoms with Gasteiger partial charge in [0.25, 0.3) is 5.91 Å². The molecule has 3 nitrogen and oxygen atoms in total. The van der Waals surface area contributed by atoms with Crippen LogP contribution >= 0.6 is 0 Å². The largest absolute Gasteiger partial charge is 0.361 e. The van der Waals surface area contributed by atoms with Gasteiger partial charge in [0.05, 0.1) is 11.1 Å². The molecule has 1 aromatic heterocycles. The Hall–Kier alpha value is -2.03. The number of amides is 1. The number of carbonyl (C=O) groups excluding carboxylic acids is 1. The topological polar surface area (TPSA) is 44.9 Å². The lowest BCUT2D eigenvalue weighted by Gasteiger charge is -2.05. The van der Waals surface area contributed by atoms with Gasteiger partial charge in [-0.3, -0.25) is 4.79 Å². The summed E-state index contributed by atoms with van der Waals surface area (Å²) < 4.78 is 0. The van der Waals surface area contributed by atoms with E-state index >= 15 is 0 Å². The van der Waals surface area contributed by atoms with Crippen LogP contribution in [-0.2, 0) is 0 Å². The zero-order valence-electron chi connectivity index (χ0n) is 9.21. The zero-order valence-corrected chi connectivity index (χ0v) is 9.21. The van der Waals surface area contributed by atoms with Crippen molar-refractivity contribution < 1.29 is 4.79 Å². The molecule has 0 bridgehead atoms. The average Bonchev–Trinajstić information content (AvgIpc) is 2.73. The van der Waals surface area contributed by atoms with Crippen molar-refractivity contribution in [2.45, 2.75) is 6.92 Å². The maximum atomic E-state index is 11.9. The summed E-state index contributed by atoms with van der Waals surface area (Å²) in [6.45, 7) is 6.14. The van der Waals surface area contributed by atoms with Crippen molar-refractivity contribution in [1.29, 1.82) is 0 Å². The molecule has 0 spiro atoms. The second kappa shape index (κ2) is 4.23. The molecule has 0 fully saturated rings. The Morgan fingerprint density at radius 2 is 2.25 bits per heavy atom. The smallest absolute Gasteiger partial charge is 0.253 e. The third-order valence-corrected chi connectivity index (χ3v) is 2.38. The number of para-hydroxylation sites is 1. The van der Waals surface area contributed by atoms with E-state index in [0.717, 1.165) is 16.5 Å². The van der Waals surface area contributed by atoms with Crippen LogP contribution in [0.1, 0.15) is 17.3 Å². The Balaban J connectivity index is 2.29. The van der Waals surface area contributed by atoms with Crippen molar-refractivity contribution in [3.05, 3.63) is 48.2 Å². The predicted octanol–water partition coefficient (Wildman–Crippen LogP) is 2.47. The number of nitrogens with one attached hydrogen (secondary N) is 2. The number of H-pyrrole nitrogens is 1. The standard InChI is InChI=1S/C13H14N2O/c1-9(2)8-15-13(16)11-5-3-4-10-6-7-14-12(10)11/h3-7,14H,1,8H2,2H3,(H,15,16). The number of aromatic nitrogens is 1. The molecule has 2 aromatic rings. The van der Waals surface area contributed by atoms with Gasteiger partial charge in [-0.2, -0.15) is 0 Å². The van der Waals surface area contributed by atoms with Gasteiger partial charge in [0.1, 0.15) is 0 Å².